The minimum Gasteiger partial charge on any atom is -0.544 e. The van der Waals surface area contributed by atoms with Gasteiger partial charge in [-0.2, -0.15) is 0 Å². The van der Waals surface area contributed by atoms with Crippen molar-refractivity contribution in [2.75, 3.05) is 41.0 Å². The number of aliphatic carboxylic acids is 1. The molecule has 0 aromatic rings. The number of hydrogen-bond acceptors (Lipinski definition) is 7. The molecule has 2 unspecified atom stereocenters. The van der Waals surface area contributed by atoms with E-state index in [4.69, 9.17) is 14.2 Å². The number of carbonyl (C=O) groups is 3. The number of unbranched alkanes of at least 4 members (excludes halogenated alkanes) is 6. The van der Waals surface area contributed by atoms with Gasteiger partial charge in [-0.05, 0) is 44.9 Å². The molecule has 0 N–H and O–H groups in total. The minimum absolute atomic E-state index is 0.00471. The Labute approximate surface area is 291 Å². The highest BCUT2D eigenvalue weighted by Crippen LogP contribution is 2.10. The first-order valence-electron chi connectivity index (χ1n) is 17.7. The van der Waals surface area contributed by atoms with Crippen LogP contribution in [0.3, 0.4) is 0 Å². The smallest absolute Gasteiger partial charge is 0.306 e. The highest BCUT2D eigenvalue weighted by molar-refractivity contribution is 5.70. The Morgan fingerprint density at radius 1 is 0.646 bits per heavy atom. The van der Waals surface area contributed by atoms with Gasteiger partial charge in [-0.1, -0.05) is 118 Å². The summed E-state index contributed by atoms with van der Waals surface area (Å²) in [6, 6.07) is -0.741. The summed E-state index contributed by atoms with van der Waals surface area (Å²) in [6.45, 7) is 4.31. The molecule has 8 nitrogen and oxygen atoms in total. The van der Waals surface area contributed by atoms with Gasteiger partial charge in [-0.15, -0.1) is 0 Å². The lowest BCUT2D eigenvalue weighted by atomic mass is 10.1. The van der Waals surface area contributed by atoms with Crippen LogP contribution >= 0.6 is 0 Å². The molecule has 0 heterocycles. The fraction of sp³-hybridized carbons (Fsp3) is 0.575. The van der Waals surface area contributed by atoms with E-state index in [2.05, 4.69) is 32.1 Å². The summed E-state index contributed by atoms with van der Waals surface area (Å²) in [5.74, 6) is -1.88. The van der Waals surface area contributed by atoms with Crippen LogP contribution in [0.15, 0.2) is 85.1 Å². The van der Waals surface area contributed by atoms with Crippen LogP contribution in [-0.4, -0.2) is 75.5 Å². The van der Waals surface area contributed by atoms with E-state index in [1.165, 1.54) is 12.8 Å². The lowest BCUT2D eigenvalue weighted by Gasteiger charge is -2.34. The van der Waals surface area contributed by atoms with Crippen LogP contribution in [0.5, 0.6) is 0 Å². The van der Waals surface area contributed by atoms with E-state index in [-0.39, 0.29) is 55.5 Å². The van der Waals surface area contributed by atoms with Gasteiger partial charge in [-0.3, -0.25) is 9.59 Å². The first kappa shape index (κ1) is 44.5. The SMILES string of the molecule is CC/C=C/C=C/C=C/C=C/C=C/C=C/CCCCCC(=O)OC(COCCC(C(=O)[O-])[N+](C)(C)C)COC(=O)CC/C=C/CCCCC. The molecule has 2 atom stereocenters. The molecule has 8 heteroatoms. The summed E-state index contributed by atoms with van der Waals surface area (Å²) in [5, 5.41) is 11.5. The molecule has 0 radical (unpaired) electrons. The maximum Gasteiger partial charge on any atom is 0.306 e. The maximum absolute atomic E-state index is 12.6. The van der Waals surface area contributed by atoms with Crippen LogP contribution in [0.2, 0.25) is 0 Å². The first-order chi connectivity index (χ1) is 23.1. The Balaban J connectivity index is 4.59. The Bertz CT molecular complexity index is 1060. The molecule has 0 rings (SSSR count). The minimum atomic E-state index is -1.14. The van der Waals surface area contributed by atoms with E-state index in [1.54, 1.807) is 21.1 Å². The highest BCUT2D eigenvalue weighted by atomic mass is 16.6. The second kappa shape index (κ2) is 30.8. The summed E-state index contributed by atoms with van der Waals surface area (Å²) >= 11 is 0. The average molecular weight is 670 g/mol. The van der Waals surface area contributed by atoms with Gasteiger partial charge in [0.25, 0.3) is 0 Å². The van der Waals surface area contributed by atoms with Gasteiger partial charge in [0.2, 0.25) is 0 Å². The number of quaternary nitrogens is 1. The van der Waals surface area contributed by atoms with Gasteiger partial charge in [0.1, 0.15) is 12.6 Å². The number of likely N-dealkylation sites (N-methyl/N-ethyl adjacent to an activating group) is 1. The van der Waals surface area contributed by atoms with Crippen molar-refractivity contribution in [3.05, 3.63) is 85.1 Å². The molecule has 0 aliphatic heterocycles. The van der Waals surface area contributed by atoms with Crippen molar-refractivity contribution >= 4 is 17.9 Å². The molecule has 0 saturated heterocycles. The molecule has 0 amide bonds. The second-order valence-corrected chi connectivity index (χ2v) is 12.5. The van der Waals surface area contributed by atoms with Crippen molar-refractivity contribution in [2.24, 2.45) is 0 Å². The first-order valence-corrected chi connectivity index (χ1v) is 17.7. The van der Waals surface area contributed by atoms with E-state index in [0.29, 0.717) is 12.8 Å². The Kier molecular flexibility index (Phi) is 28.6. The summed E-state index contributed by atoms with van der Waals surface area (Å²) in [7, 11) is 5.35. The zero-order chi connectivity index (χ0) is 35.7. The maximum atomic E-state index is 12.6. The second-order valence-electron chi connectivity index (χ2n) is 12.5. The highest BCUT2D eigenvalue weighted by Gasteiger charge is 2.25. The van der Waals surface area contributed by atoms with Gasteiger partial charge in [0.15, 0.2) is 6.10 Å². The lowest BCUT2D eigenvalue weighted by Crippen LogP contribution is -2.55. The Morgan fingerprint density at radius 2 is 1.23 bits per heavy atom. The predicted octanol–water partition coefficient (Wildman–Crippen LogP) is 7.29. The van der Waals surface area contributed by atoms with E-state index < -0.39 is 18.1 Å². The van der Waals surface area contributed by atoms with Crippen molar-refractivity contribution in [2.45, 2.75) is 109 Å². The predicted molar refractivity (Wildman–Crippen MR) is 194 cm³/mol. The third kappa shape index (κ3) is 28.7. The van der Waals surface area contributed by atoms with Gasteiger partial charge in [0.05, 0.1) is 40.3 Å². The van der Waals surface area contributed by atoms with Crippen LogP contribution in [0.4, 0.5) is 0 Å². The standard InChI is InChI=1S/C40H63NO7/c1-6-8-10-12-14-15-16-17-18-19-20-21-22-23-25-27-29-31-39(43)48-36(34-46-33-32-37(40(44)45)41(3,4)5)35-47-38(42)30-28-26-24-13-11-9-7-2/h8,10,12,14-22,24,26,36-37H,6-7,9,11,13,23,25,27-35H2,1-5H3/b10-8+,14-12+,16-15+,18-17+,20-19+,22-21+,26-24+. The lowest BCUT2D eigenvalue weighted by molar-refractivity contribution is -0.889. The molecule has 270 valence electrons. The summed E-state index contributed by atoms with van der Waals surface area (Å²) in [4.78, 5) is 36.4. The summed E-state index contributed by atoms with van der Waals surface area (Å²) in [6.07, 6.45) is 37.8. The number of allylic oxidation sites excluding steroid dienone is 14. The number of rotatable bonds is 29. The van der Waals surface area contributed by atoms with Crippen LogP contribution in [-0.2, 0) is 28.6 Å². The number of hydrogen-bond donors (Lipinski definition) is 0. The molecule has 0 aliphatic carbocycles. The molecule has 0 spiro atoms. The number of nitrogens with zero attached hydrogens (tertiary/aromatic N) is 1. The largest absolute Gasteiger partial charge is 0.544 e. The molecule has 0 saturated carbocycles. The van der Waals surface area contributed by atoms with Gasteiger partial charge in [0, 0.05) is 19.3 Å². The molecule has 0 bridgehead atoms. The number of carboxylic acid groups (broad SMARTS) is 1. The van der Waals surface area contributed by atoms with Crippen molar-refractivity contribution in [1.82, 2.24) is 0 Å². The molecule has 0 aliphatic rings. The fourth-order valence-electron chi connectivity index (χ4n) is 4.41. The molecule has 0 fully saturated rings. The normalized spacial score (nSPS) is 14.1. The zero-order valence-corrected chi connectivity index (χ0v) is 30.4. The fourth-order valence-corrected chi connectivity index (χ4v) is 4.41. The van der Waals surface area contributed by atoms with E-state index in [0.717, 1.165) is 38.5 Å². The quantitative estimate of drug-likeness (QED) is 0.0271. The molecule has 48 heavy (non-hydrogen) atoms. The number of carboxylic acids is 1. The van der Waals surface area contributed by atoms with E-state index in [9.17, 15) is 19.5 Å². The zero-order valence-electron chi connectivity index (χ0n) is 30.4. The summed E-state index contributed by atoms with van der Waals surface area (Å²) in [5.41, 5.74) is 0. The molecule has 0 aromatic carbocycles. The van der Waals surface area contributed by atoms with Gasteiger partial charge < -0.3 is 28.6 Å². The van der Waals surface area contributed by atoms with Crippen molar-refractivity contribution < 1.29 is 38.2 Å². The molecular weight excluding hydrogens is 606 g/mol. The molecule has 0 aromatic heterocycles. The third-order valence-electron chi connectivity index (χ3n) is 7.19. The Hall–Kier alpha value is -3.49. The van der Waals surface area contributed by atoms with Crippen molar-refractivity contribution in [1.29, 1.82) is 0 Å². The van der Waals surface area contributed by atoms with Crippen molar-refractivity contribution in [3.8, 4) is 0 Å². The monoisotopic (exact) mass is 669 g/mol. The third-order valence-corrected chi connectivity index (χ3v) is 7.19. The van der Waals surface area contributed by atoms with E-state index in [1.807, 2.05) is 66.8 Å². The van der Waals surface area contributed by atoms with Crippen LogP contribution < -0.4 is 5.11 Å². The number of esters is 2. The van der Waals surface area contributed by atoms with Crippen LogP contribution in [0.1, 0.15) is 97.3 Å². The van der Waals surface area contributed by atoms with E-state index >= 15 is 0 Å². The van der Waals surface area contributed by atoms with Crippen molar-refractivity contribution in [3.63, 3.8) is 0 Å². The van der Waals surface area contributed by atoms with Gasteiger partial charge >= 0.3 is 11.9 Å². The number of ether oxygens (including phenoxy) is 3. The number of carbonyl (C=O) groups excluding carboxylic acids is 3. The van der Waals surface area contributed by atoms with Crippen LogP contribution in [0.25, 0.3) is 0 Å². The average Bonchev–Trinajstić information content (AvgIpc) is 3.03. The van der Waals surface area contributed by atoms with Crippen LogP contribution in [0, 0.1) is 0 Å². The van der Waals surface area contributed by atoms with Gasteiger partial charge in [-0.25, -0.2) is 0 Å². The Morgan fingerprint density at radius 3 is 1.83 bits per heavy atom. The summed E-state index contributed by atoms with van der Waals surface area (Å²) < 4.78 is 16.9. The topological polar surface area (TPSA) is 102 Å². The molecular formula is C40H63NO7.